The maximum Gasteiger partial charge on any atom is 0.282 e. The molecule has 0 aliphatic carbocycles. The fourth-order valence-corrected chi connectivity index (χ4v) is 4.14. The summed E-state index contributed by atoms with van der Waals surface area (Å²) in [4.78, 5) is 0.145. The second-order valence-electron chi connectivity index (χ2n) is 7.18. The van der Waals surface area contributed by atoms with Crippen molar-refractivity contribution in [2.24, 2.45) is 0 Å². The third kappa shape index (κ3) is 4.13. The molecule has 0 fully saturated rings. The lowest BCUT2D eigenvalue weighted by Crippen LogP contribution is -2.01. The summed E-state index contributed by atoms with van der Waals surface area (Å²) in [5.41, 5.74) is 2.07. The Balaban J connectivity index is 2.02. The Hall–Kier alpha value is -3.52. The average Bonchev–Trinajstić information content (AvgIpc) is 3.20. The van der Waals surface area contributed by atoms with Crippen LogP contribution in [-0.4, -0.2) is 31.6 Å². The maximum atomic E-state index is 14.1. The van der Waals surface area contributed by atoms with E-state index in [0.29, 0.717) is 28.3 Å². The molecule has 0 radical (unpaired) electrons. The molecule has 32 heavy (non-hydrogen) atoms. The van der Waals surface area contributed by atoms with Crippen molar-refractivity contribution >= 4 is 9.84 Å². The Morgan fingerprint density at radius 3 is 2.00 bits per heavy atom. The van der Waals surface area contributed by atoms with Gasteiger partial charge in [0.25, 0.3) is 6.43 Å². The van der Waals surface area contributed by atoms with E-state index in [0.717, 1.165) is 6.26 Å². The van der Waals surface area contributed by atoms with Crippen LogP contribution in [0.25, 0.3) is 28.1 Å². The van der Waals surface area contributed by atoms with Gasteiger partial charge in [0, 0.05) is 17.4 Å². The van der Waals surface area contributed by atoms with Gasteiger partial charge in [0.05, 0.1) is 23.4 Å². The highest BCUT2D eigenvalue weighted by Gasteiger charge is 2.27. The second kappa shape index (κ2) is 8.55. The van der Waals surface area contributed by atoms with Crippen LogP contribution in [-0.2, 0) is 9.84 Å². The van der Waals surface area contributed by atoms with Crippen LogP contribution in [0.3, 0.4) is 0 Å². The summed E-state index contributed by atoms with van der Waals surface area (Å²) in [5.74, 6) is 0.599. The summed E-state index contributed by atoms with van der Waals surface area (Å²) in [6, 6.07) is 21.9. The molecule has 0 saturated heterocycles. The first kappa shape index (κ1) is 21.7. The topological polar surface area (TPSA) is 61.2 Å². The number of rotatable bonds is 6. The summed E-state index contributed by atoms with van der Waals surface area (Å²) in [6.45, 7) is 0. The van der Waals surface area contributed by atoms with Crippen LogP contribution in [0.1, 0.15) is 12.1 Å². The Kier molecular flexibility index (Phi) is 5.80. The van der Waals surface area contributed by atoms with Gasteiger partial charge >= 0.3 is 0 Å². The third-order valence-electron chi connectivity index (χ3n) is 5.05. The Morgan fingerprint density at radius 2 is 1.47 bits per heavy atom. The summed E-state index contributed by atoms with van der Waals surface area (Å²) in [6.07, 6.45) is -1.69. The molecule has 0 spiro atoms. The van der Waals surface area contributed by atoms with Crippen LogP contribution in [0.2, 0.25) is 0 Å². The molecule has 4 rings (SSSR count). The molecular weight excluding hydrogens is 434 g/mol. The van der Waals surface area contributed by atoms with Crippen LogP contribution in [0.5, 0.6) is 5.75 Å². The highest BCUT2D eigenvalue weighted by Crippen LogP contribution is 2.41. The molecule has 0 aliphatic rings. The maximum absolute atomic E-state index is 14.1. The number of methoxy groups -OCH3 is 1. The van der Waals surface area contributed by atoms with Gasteiger partial charge in [-0.2, -0.15) is 5.10 Å². The van der Waals surface area contributed by atoms with Gasteiger partial charge < -0.3 is 4.74 Å². The van der Waals surface area contributed by atoms with Crippen molar-refractivity contribution < 1.29 is 21.9 Å². The molecule has 164 valence electrons. The quantitative estimate of drug-likeness (QED) is 0.383. The fraction of sp³-hybridized carbons (Fsp3) is 0.125. The molecule has 1 heterocycles. The number of sulfone groups is 1. The van der Waals surface area contributed by atoms with Crippen LogP contribution in [0.15, 0.2) is 83.8 Å². The number of alkyl halides is 2. The van der Waals surface area contributed by atoms with E-state index in [2.05, 4.69) is 5.10 Å². The van der Waals surface area contributed by atoms with Gasteiger partial charge in [-0.05, 0) is 42.0 Å². The van der Waals surface area contributed by atoms with E-state index >= 15 is 0 Å². The van der Waals surface area contributed by atoms with E-state index in [9.17, 15) is 17.2 Å². The van der Waals surface area contributed by atoms with E-state index in [1.807, 2.05) is 6.07 Å². The van der Waals surface area contributed by atoms with E-state index in [4.69, 9.17) is 4.74 Å². The number of hydrogen-bond donors (Lipinski definition) is 0. The lowest BCUT2D eigenvalue weighted by atomic mass is 9.98. The van der Waals surface area contributed by atoms with Gasteiger partial charge in [-0.1, -0.05) is 42.5 Å². The monoisotopic (exact) mass is 454 g/mol. The molecule has 4 aromatic rings. The average molecular weight is 454 g/mol. The second-order valence-corrected chi connectivity index (χ2v) is 9.20. The molecule has 5 nitrogen and oxygen atoms in total. The molecule has 0 bridgehead atoms. The molecule has 1 aromatic heterocycles. The molecule has 0 unspecified atom stereocenters. The lowest BCUT2D eigenvalue weighted by Gasteiger charge is -2.12. The largest absolute Gasteiger partial charge is 0.497 e. The van der Waals surface area contributed by atoms with Crippen molar-refractivity contribution in [2.45, 2.75) is 11.3 Å². The van der Waals surface area contributed by atoms with Crippen LogP contribution in [0, 0.1) is 0 Å². The zero-order chi connectivity index (χ0) is 22.9. The first-order chi connectivity index (χ1) is 15.3. The number of aromatic nitrogens is 2. The molecule has 8 heteroatoms. The Morgan fingerprint density at radius 1 is 0.875 bits per heavy atom. The molecule has 3 aromatic carbocycles. The SMILES string of the molecule is COc1ccc(-c2c(C(F)F)nn(-c3ccccc3)c2-c2ccc(S(C)(=O)=O)cc2)cc1. The first-order valence-corrected chi connectivity index (χ1v) is 11.6. The van der Waals surface area contributed by atoms with Crippen molar-refractivity contribution in [3.05, 3.63) is 84.6 Å². The van der Waals surface area contributed by atoms with E-state index in [1.54, 1.807) is 60.7 Å². The Labute approximate surface area is 184 Å². The highest BCUT2D eigenvalue weighted by molar-refractivity contribution is 7.90. The standard InChI is InChI=1S/C24H20F2N2O3S/c1-31-19-12-8-16(9-13-19)21-22(24(25)26)27-28(18-6-4-3-5-7-18)23(21)17-10-14-20(15-11-17)32(2,29)30/h3-15,24H,1-2H3. The van der Waals surface area contributed by atoms with E-state index < -0.39 is 16.3 Å². The van der Waals surface area contributed by atoms with Gasteiger partial charge in [-0.3, -0.25) is 0 Å². The van der Waals surface area contributed by atoms with Gasteiger partial charge in [-0.25, -0.2) is 21.9 Å². The number of ether oxygens (including phenoxy) is 1. The molecule has 0 amide bonds. The highest BCUT2D eigenvalue weighted by atomic mass is 32.2. The lowest BCUT2D eigenvalue weighted by molar-refractivity contribution is 0.146. The minimum atomic E-state index is -3.40. The molecule has 0 N–H and O–H groups in total. The van der Waals surface area contributed by atoms with Crippen LogP contribution >= 0.6 is 0 Å². The molecule has 0 saturated carbocycles. The normalized spacial score (nSPS) is 11.7. The van der Waals surface area contributed by atoms with Crippen molar-refractivity contribution in [2.75, 3.05) is 13.4 Å². The van der Waals surface area contributed by atoms with E-state index in [-0.39, 0.29) is 16.2 Å². The van der Waals surface area contributed by atoms with Crippen LogP contribution < -0.4 is 4.74 Å². The predicted octanol–water partition coefficient (Wildman–Crippen LogP) is 5.56. The zero-order valence-electron chi connectivity index (χ0n) is 17.4. The third-order valence-corrected chi connectivity index (χ3v) is 6.18. The molecular formula is C24H20F2N2O3S. The molecule has 0 aliphatic heterocycles. The van der Waals surface area contributed by atoms with E-state index in [1.165, 1.54) is 23.9 Å². The van der Waals surface area contributed by atoms with Crippen LogP contribution in [0.4, 0.5) is 8.78 Å². The van der Waals surface area contributed by atoms with Crippen molar-refractivity contribution in [1.82, 2.24) is 9.78 Å². The number of para-hydroxylation sites is 1. The van der Waals surface area contributed by atoms with Crippen molar-refractivity contribution in [1.29, 1.82) is 0 Å². The smallest absolute Gasteiger partial charge is 0.282 e. The summed E-state index contributed by atoms with van der Waals surface area (Å²) in [7, 11) is -1.87. The Bertz CT molecular complexity index is 1330. The van der Waals surface area contributed by atoms with Gasteiger partial charge in [0.1, 0.15) is 11.4 Å². The fourth-order valence-electron chi connectivity index (χ4n) is 3.51. The van der Waals surface area contributed by atoms with Crippen molar-refractivity contribution in [3.8, 4) is 33.8 Å². The number of halogens is 2. The summed E-state index contributed by atoms with van der Waals surface area (Å²) >= 11 is 0. The summed E-state index contributed by atoms with van der Waals surface area (Å²) in [5, 5.41) is 4.26. The van der Waals surface area contributed by atoms with Gasteiger partial charge in [0.2, 0.25) is 0 Å². The van der Waals surface area contributed by atoms with Gasteiger partial charge in [-0.15, -0.1) is 0 Å². The first-order valence-electron chi connectivity index (χ1n) is 9.71. The van der Waals surface area contributed by atoms with Gasteiger partial charge in [0.15, 0.2) is 9.84 Å². The number of benzene rings is 3. The summed E-state index contributed by atoms with van der Waals surface area (Å²) < 4.78 is 58.7. The number of nitrogens with zero attached hydrogens (tertiary/aromatic N) is 2. The minimum absolute atomic E-state index is 0.145. The van der Waals surface area contributed by atoms with Crippen molar-refractivity contribution in [3.63, 3.8) is 0 Å². The zero-order valence-corrected chi connectivity index (χ0v) is 18.2. The number of hydrogen-bond acceptors (Lipinski definition) is 4. The minimum Gasteiger partial charge on any atom is -0.497 e. The predicted molar refractivity (Wildman–Crippen MR) is 119 cm³/mol. The molecule has 0 atom stereocenters.